The van der Waals surface area contributed by atoms with Crippen molar-refractivity contribution in [3.8, 4) is 0 Å². The minimum Gasteiger partial charge on any atom is -0.481 e. The predicted molar refractivity (Wildman–Crippen MR) is 63.1 cm³/mol. The number of carbonyl (C=O) groups excluding carboxylic acids is 1. The minimum atomic E-state index is -0.851. The Morgan fingerprint density at radius 1 is 1.35 bits per heavy atom. The van der Waals surface area contributed by atoms with Gasteiger partial charge in [-0.3, -0.25) is 4.79 Å². The molecule has 2 N–H and O–H groups in total. The number of carboxylic acid groups (broad SMARTS) is 1. The number of benzene rings is 1. The Morgan fingerprint density at radius 3 is 2.41 bits per heavy atom. The zero-order valence-corrected chi connectivity index (χ0v) is 9.77. The van der Waals surface area contributed by atoms with Crippen molar-refractivity contribution in [3.63, 3.8) is 0 Å². The number of carbonyl (C=O) groups is 2. The van der Waals surface area contributed by atoms with Gasteiger partial charge in [0.1, 0.15) is 0 Å². The van der Waals surface area contributed by atoms with Crippen molar-refractivity contribution in [2.24, 2.45) is 0 Å². The topological polar surface area (TPSA) is 75.6 Å². The molecule has 0 bridgehead atoms. The summed E-state index contributed by atoms with van der Waals surface area (Å²) < 4.78 is 4.57. The van der Waals surface area contributed by atoms with E-state index in [2.05, 4.69) is 10.1 Å². The van der Waals surface area contributed by atoms with E-state index in [1.54, 1.807) is 31.2 Å². The van der Waals surface area contributed by atoms with Gasteiger partial charge >= 0.3 is 11.9 Å². The van der Waals surface area contributed by atoms with Crippen LogP contribution in [0.15, 0.2) is 24.3 Å². The molecular weight excluding hydrogens is 222 g/mol. The van der Waals surface area contributed by atoms with Gasteiger partial charge in [0.2, 0.25) is 0 Å². The molecule has 5 nitrogen and oxygen atoms in total. The fraction of sp³-hybridized carbons (Fsp3) is 0.333. The van der Waals surface area contributed by atoms with Gasteiger partial charge < -0.3 is 15.2 Å². The Hall–Kier alpha value is -2.04. The summed E-state index contributed by atoms with van der Waals surface area (Å²) in [6, 6.07) is 6.51. The van der Waals surface area contributed by atoms with Crippen LogP contribution in [0.4, 0.5) is 5.69 Å². The maximum atomic E-state index is 11.2. The van der Waals surface area contributed by atoms with Crippen LogP contribution < -0.4 is 5.32 Å². The second-order valence-corrected chi connectivity index (χ2v) is 3.71. The number of hydrogen-bond donors (Lipinski definition) is 2. The highest BCUT2D eigenvalue weighted by atomic mass is 16.5. The number of esters is 1. The van der Waals surface area contributed by atoms with Gasteiger partial charge in [-0.2, -0.15) is 0 Å². The lowest BCUT2D eigenvalue weighted by molar-refractivity contribution is -0.137. The molecule has 0 spiro atoms. The summed E-state index contributed by atoms with van der Waals surface area (Å²) >= 11 is 0. The van der Waals surface area contributed by atoms with E-state index in [1.165, 1.54) is 7.11 Å². The van der Waals surface area contributed by atoms with Gasteiger partial charge in [0.25, 0.3) is 0 Å². The van der Waals surface area contributed by atoms with Crippen LogP contribution in [0.2, 0.25) is 0 Å². The maximum absolute atomic E-state index is 11.2. The Kier molecular flexibility index (Phi) is 4.51. The third-order valence-corrected chi connectivity index (χ3v) is 2.20. The third kappa shape index (κ3) is 4.14. The molecule has 0 amide bonds. The summed E-state index contributed by atoms with van der Waals surface area (Å²) in [7, 11) is 1.32. The molecule has 1 unspecified atom stereocenters. The van der Waals surface area contributed by atoms with Crippen LogP contribution in [-0.4, -0.2) is 30.2 Å². The van der Waals surface area contributed by atoms with Crippen molar-refractivity contribution < 1.29 is 19.4 Å². The summed E-state index contributed by atoms with van der Waals surface area (Å²) in [6.45, 7) is 1.78. The van der Waals surface area contributed by atoms with Gasteiger partial charge in [-0.25, -0.2) is 4.79 Å². The van der Waals surface area contributed by atoms with E-state index in [0.717, 1.165) is 5.69 Å². The van der Waals surface area contributed by atoms with Gasteiger partial charge in [-0.05, 0) is 31.2 Å². The van der Waals surface area contributed by atoms with E-state index < -0.39 is 11.9 Å². The molecule has 1 aromatic rings. The fourth-order valence-electron chi connectivity index (χ4n) is 1.42. The van der Waals surface area contributed by atoms with Gasteiger partial charge in [0.15, 0.2) is 0 Å². The number of methoxy groups -OCH3 is 1. The molecule has 0 heterocycles. The van der Waals surface area contributed by atoms with Gasteiger partial charge in [0, 0.05) is 11.7 Å². The lowest BCUT2D eigenvalue weighted by atomic mass is 10.2. The van der Waals surface area contributed by atoms with Crippen LogP contribution in [0.1, 0.15) is 23.7 Å². The summed E-state index contributed by atoms with van der Waals surface area (Å²) in [4.78, 5) is 21.7. The average Bonchev–Trinajstić information content (AvgIpc) is 2.28. The van der Waals surface area contributed by atoms with Crippen molar-refractivity contribution in [3.05, 3.63) is 29.8 Å². The first kappa shape index (κ1) is 13.0. The minimum absolute atomic E-state index is 0.0404. The molecule has 0 radical (unpaired) electrons. The molecule has 0 fully saturated rings. The highest BCUT2D eigenvalue weighted by Crippen LogP contribution is 2.12. The van der Waals surface area contributed by atoms with Crippen LogP contribution in [0.5, 0.6) is 0 Å². The summed E-state index contributed by atoms with van der Waals surface area (Å²) in [5.41, 5.74) is 1.23. The lowest BCUT2D eigenvalue weighted by Gasteiger charge is -2.13. The first-order valence-electron chi connectivity index (χ1n) is 5.19. The Balaban J connectivity index is 2.62. The third-order valence-electron chi connectivity index (χ3n) is 2.20. The lowest BCUT2D eigenvalue weighted by Crippen LogP contribution is -2.19. The molecule has 1 aromatic carbocycles. The van der Waals surface area contributed by atoms with E-state index in [-0.39, 0.29) is 12.5 Å². The molecule has 0 aliphatic heterocycles. The quantitative estimate of drug-likeness (QED) is 0.763. The van der Waals surface area contributed by atoms with Gasteiger partial charge in [0.05, 0.1) is 19.1 Å². The van der Waals surface area contributed by atoms with Gasteiger partial charge in [-0.1, -0.05) is 0 Å². The van der Waals surface area contributed by atoms with Crippen LogP contribution in [0.3, 0.4) is 0 Å². The van der Waals surface area contributed by atoms with E-state index in [1.807, 2.05) is 0 Å². The fourth-order valence-corrected chi connectivity index (χ4v) is 1.42. The van der Waals surface area contributed by atoms with Crippen LogP contribution >= 0.6 is 0 Å². The number of anilines is 1. The van der Waals surface area contributed by atoms with Crippen molar-refractivity contribution in [2.75, 3.05) is 12.4 Å². The van der Waals surface area contributed by atoms with E-state index in [4.69, 9.17) is 5.11 Å². The molecule has 17 heavy (non-hydrogen) atoms. The molecule has 1 atom stereocenters. The molecule has 0 saturated heterocycles. The van der Waals surface area contributed by atoms with E-state index >= 15 is 0 Å². The number of hydrogen-bond acceptors (Lipinski definition) is 4. The van der Waals surface area contributed by atoms with Crippen LogP contribution in [-0.2, 0) is 9.53 Å². The molecule has 5 heteroatoms. The Morgan fingerprint density at radius 2 is 1.94 bits per heavy atom. The Bertz CT molecular complexity index is 399. The molecule has 0 aliphatic carbocycles. The highest BCUT2D eigenvalue weighted by molar-refractivity contribution is 5.89. The summed E-state index contributed by atoms with van der Waals surface area (Å²) in [5, 5.41) is 11.6. The number of nitrogens with one attached hydrogen (secondary N) is 1. The first-order valence-corrected chi connectivity index (χ1v) is 5.19. The highest BCUT2D eigenvalue weighted by Gasteiger charge is 2.08. The molecule has 0 aromatic heterocycles. The van der Waals surface area contributed by atoms with Crippen molar-refractivity contribution in [1.29, 1.82) is 0 Å². The van der Waals surface area contributed by atoms with Crippen molar-refractivity contribution in [1.82, 2.24) is 0 Å². The maximum Gasteiger partial charge on any atom is 0.337 e. The Labute approximate surface area is 99.4 Å². The van der Waals surface area contributed by atoms with Crippen molar-refractivity contribution >= 4 is 17.6 Å². The molecule has 1 rings (SSSR count). The average molecular weight is 237 g/mol. The number of carboxylic acids is 1. The monoisotopic (exact) mass is 237 g/mol. The van der Waals surface area contributed by atoms with Crippen LogP contribution in [0.25, 0.3) is 0 Å². The second kappa shape index (κ2) is 5.89. The molecule has 92 valence electrons. The molecular formula is C12H15NO4. The summed E-state index contributed by atoms with van der Waals surface area (Å²) in [5.74, 6) is -1.24. The number of ether oxygens (including phenoxy) is 1. The largest absolute Gasteiger partial charge is 0.481 e. The van der Waals surface area contributed by atoms with Crippen LogP contribution in [0, 0.1) is 0 Å². The number of rotatable bonds is 5. The van der Waals surface area contributed by atoms with Gasteiger partial charge in [-0.15, -0.1) is 0 Å². The SMILES string of the molecule is COC(=O)c1ccc(NC(C)CC(=O)O)cc1. The molecule has 0 aliphatic rings. The molecule has 0 saturated carbocycles. The second-order valence-electron chi connectivity index (χ2n) is 3.71. The van der Waals surface area contributed by atoms with Crippen molar-refractivity contribution in [2.45, 2.75) is 19.4 Å². The first-order chi connectivity index (χ1) is 8.02. The zero-order chi connectivity index (χ0) is 12.8. The van der Waals surface area contributed by atoms with E-state index in [0.29, 0.717) is 5.56 Å². The van der Waals surface area contributed by atoms with E-state index in [9.17, 15) is 9.59 Å². The zero-order valence-electron chi connectivity index (χ0n) is 9.77. The number of aliphatic carboxylic acids is 1. The smallest absolute Gasteiger partial charge is 0.337 e. The predicted octanol–water partition coefficient (Wildman–Crippen LogP) is 1.75. The summed E-state index contributed by atoms with van der Waals surface area (Å²) in [6.07, 6.45) is 0.0404. The normalized spacial score (nSPS) is 11.6. The standard InChI is InChI=1S/C12H15NO4/c1-8(7-11(14)15)13-10-5-3-9(4-6-10)12(16)17-2/h3-6,8,13H,7H2,1-2H3,(H,14,15).